The summed E-state index contributed by atoms with van der Waals surface area (Å²) in [6, 6.07) is 23.1. The molecule has 0 aromatic heterocycles. The lowest BCUT2D eigenvalue weighted by Gasteiger charge is -2.26. The summed E-state index contributed by atoms with van der Waals surface area (Å²) in [5.41, 5.74) is 5.64. The molecule has 0 bridgehead atoms. The highest BCUT2D eigenvalue weighted by atomic mass is 32.2. The lowest BCUT2D eigenvalue weighted by molar-refractivity contribution is -0.118. The highest BCUT2D eigenvalue weighted by molar-refractivity contribution is 7.72. The van der Waals surface area contributed by atoms with Gasteiger partial charge in [0.05, 0.1) is 4.90 Å². The van der Waals surface area contributed by atoms with Crippen molar-refractivity contribution < 1.29 is 13.2 Å². The Morgan fingerprint density at radius 3 is 2.33 bits per heavy atom. The van der Waals surface area contributed by atoms with Crippen LogP contribution in [0.3, 0.4) is 0 Å². The molecule has 5 rings (SSSR count). The molecule has 5 nitrogen and oxygen atoms in total. The van der Waals surface area contributed by atoms with Crippen LogP contribution in [0.5, 0.6) is 0 Å². The summed E-state index contributed by atoms with van der Waals surface area (Å²) in [4.78, 5) is 17.5. The second-order valence-electron chi connectivity index (χ2n) is 7.68. The van der Waals surface area contributed by atoms with E-state index in [1.165, 1.54) is 16.7 Å². The number of hydrogen-bond acceptors (Lipinski definition) is 4. The molecule has 0 aliphatic carbocycles. The van der Waals surface area contributed by atoms with Crippen LogP contribution in [-0.2, 0) is 21.9 Å². The van der Waals surface area contributed by atoms with Crippen LogP contribution < -0.4 is 9.80 Å². The molecule has 0 spiro atoms. The fourth-order valence-corrected chi connectivity index (χ4v) is 5.03. The van der Waals surface area contributed by atoms with Gasteiger partial charge in [-0.3, -0.25) is 4.79 Å². The quantitative estimate of drug-likeness (QED) is 0.659. The van der Waals surface area contributed by atoms with Crippen LogP contribution in [0.25, 0.3) is 11.1 Å². The Morgan fingerprint density at radius 1 is 0.833 bits per heavy atom. The van der Waals surface area contributed by atoms with E-state index in [4.69, 9.17) is 0 Å². The van der Waals surface area contributed by atoms with Gasteiger partial charge in [0.2, 0.25) is 5.91 Å². The van der Waals surface area contributed by atoms with E-state index in [2.05, 4.69) is 35.2 Å². The molecule has 2 aliphatic rings. The third-order valence-electron chi connectivity index (χ3n) is 6.07. The van der Waals surface area contributed by atoms with Crippen molar-refractivity contribution in [3.63, 3.8) is 0 Å². The summed E-state index contributed by atoms with van der Waals surface area (Å²) in [5.74, 6) is 0.0761. The Balaban J connectivity index is 1.42. The van der Waals surface area contributed by atoms with Crippen LogP contribution in [0.15, 0.2) is 77.7 Å². The van der Waals surface area contributed by atoms with Crippen LogP contribution in [0.4, 0.5) is 11.4 Å². The van der Waals surface area contributed by atoms with E-state index in [1.54, 1.807) is 29.2 Å². The number of carbonyl (C=O) groups excluding carboxylic acids is 1. The summed E-state index contributed by atoms with van der Waals surface area (Å²) in [7, 11) is -2.61. The van der Waals surface area contributed by atoms with E-state index >= 15 is 0 Å². The van der Waals surface area contributed by atoms with Crippen molar-refractivity contribution in [2.24, 2.45) is 0 Å². The van der Waals surface area contributed by atoms with Gasteiger partial charge in [0.25, 0.3) is 0 Å². The average Bonchev–Trinajstić information content (AvgIpc) is 3.37. The minimum atomic E-state index is -2.61. The predicted octanol–water partition coefficient (Wildman–Crippen LogP) is 3.49. The number of rotatable bonds is 4. The molecule has 2 aliphatic heterocycles. The predicted molar refractivity (Wildman–Crippen MR) is 119 cm³/mol. The topological polar surface area (TPSA) is 57.7 Å². The molecule has 1 saturated heterocycles. The monoisotopic (exact) mass is 418 g/mol. The van der Waals surface area contributed by atoms with Crippen molar-refractivity contribution >= 4 is 28.0 Å². The molecule has 3 aromatic carbocycles. The van der Waals surface area contributed by atoms with Gasteiger partial charge >= 0.3 is 0 Å². The summed E-state index contributed by atoms with van der Waals surface area (Å²) in [6.45, 7) is 1.47. The summed E-state index contributed by atoms with van der Waals surface area (Å²) >= 11 is 0. The van der Waals surface area contributed by atoms with Crippen LogP contribution in [0.2, 0.25) is 0 Å². The number of anilines is 2. The number of fused-ring (bicyclic) bond motifs is 1. The maximum absolute atomic E-state index is 13.2. The minimum Gasteiger partial charge on any atom is -0.359 e. The normalized spacial score (nSPS) is 18.3. The van der Waals surface area contributed by atoms with Gasteiger partial charge in [-0.15, -0.1) is 0 Å². The fourth-order valence-electron chi connectivity index (χ4n) is 4.64. The van der Waals surface area contributed by atoms with E-state index in [0.717, 1.165) is 30.8 Å². The van der Waals surface area contributed by atoms with Gasteiger partial charge in [0.1, 0.15) is 6.04 Å². The molecule has 6 heteroatoms. The fraction of sp³-hybridized carbons (Fsp3) is 0.208. The highest BCUT2D eigenvalue weighted by Crippen LogP contribution is 2.39. The molecule has 3 aromatic rings. The Labute approximate surface area is 177 Å². The van der Waals surface area contributed by atoms with Crippen molar-refractivity contribution in [2.45, 2.75) is 23.8 Å². The van der Waals surface area contributed by atoms with Gasteiger partial charge in [-0.25, -0.2) is 8.42 Å². The first-order valence-corrected chi connectivity index (χ1v) is 11.3. The Morgan fingerprint density at radius 2 is 1.60 bits per heavy atom. The van der Waals surface area contributed by atoms with E-state index in [1.807, 2.05) is 18.2 Å². The van der Waals surface area contributed by atoms with Crippen molar-refractivity contribution in [3.05, 3.63) is 78.4 Å². The first-order valence-electron chi connectivity index (χ1n) is 10.1. The molecule has 1 fully saturated rings. The lowest BCUT2D eigenvalue weighted by Crippen LogP contribution is -2.41. The molecule has 1 atom stereocenters. The molecular weight excluding hydrogens is 396 g/mol. The van der Waals surface area contributed by atoms with Gasteiger partial charge in [-0.2, -0.15) is 0 Å². The zero-order valence-electron chi connectivity index (χ0n) is 16.4. The van der Waals surface area contributed by atoms with Crippen molar-refractivity contribution in [2.75, 3.05) is 22.9 Å². The molecular formula is C24H22N2O3S. The first kappa shape index (κ1) is 18.9. The van der Waals surface area contributed by atoms with E-state index < -0.39 is 10.7 Å². The van der Waals surface area contributed by atoms with Gasteiger partial charge < -0.3 is 9.80 Å². The number of thiol groups is 1. The maximum atomic E-state index is 13.2. The van der Waals surface area contributed by atoms with E-state index in [9.17, 15) is 13.2 Å². The average molecular weight is 419 g/mol. The largest absolute Gasteiger partial charge is 0.359 e. The van der Waals surface area contributed by atoms with Crippen LogP contribution in [0.1, 0.15) is 12.0 Å². The minimum absolute atomic E-state index is 0.0761. The van der Waals surface area contributed by atoms with Crippen molar-refractivity contribution in [1.82, 2.24) is 0 Å². The van der Waals surface area contributed by atoms with Crippen LogP contribution >= 0.6 is 0 Å². The van der Waals surface area contributed by atoms with E-state index in [0.29, 0.717) is 6.54 Å². The Kier molecular flexibility index (Phi) is 4.79. The standard InChI is InChI=1S/C24H22N2O3S/c27-24-23(14-16-25(24)18-9-11-19(12-10-18)30(28)29)26-15-13-21-20(7-4-8-22(21)26)17-5-2-1-3-6-17/h1-12,23,30H,13-16H2/t23-/m1/s1. The van der Waals surface area contributed by atoms with Crippen molar-refractivity contribution in [3.8, 4) is 11.1 Å². The number of hydrogen-bond donors (Lipinski definition) is 1. The van der Waals surface area contributed by atoms with Gasteiger partial charge in [-0.1, -0.05) is 42.5 Å². The summed E-state index contributed by atoms with van der Waals surface area (Å²) in [6.07, 6.45) is 1.68. The third kappa shape index (κ3) is 3.17. The smallest absolute Gasteiger partial charge is 0.249 e. The maximum Gasteiger partial charge on any atom is 0.249 e. The first-order chi connectivity index (χ1) is 14.6. The van der Waals surface area contributed by atoms with Gasteiger partial charge in [0.15, 0.2) is 10.7 Å². The SMILES string of the molecule is O=C1[C@H](N2CCc3c(-c4ccccc4)cccc32)CCN1c1ccc([SH](=O)=O)cc1. The summed E-state index contributed by atoms with van der Waals surface area (Å²) < 4.78 is 22.2. The number of benzene rings is 3. The zero-order valence-corrected chi connectivity index (χ0v) is 17.3. The molecule has 152 valence electrons. The molecule has 30 heavy (non-hydrogen) atoms. The van der Waals surface area contributed by atoms with Crippen molar-refractivity contribution in [1.29, 1.82) is 0 Å². The van der Waals surface area contributed by atoms with Gasteiger partial charge in [0, 0.05) is 24.5 Å². The molecule has 0 unspecified atom stereocenters. The van der Waals surface area contributed by atoms with E-state index in [-0.39, 0.29) is 16.8 Å². The van der Waals surface area contributed by atoms with Crippen LogP contribution in [0, 0.1) is 0 Å². The third-order valence-corrected chi connectivity index (χ3v) is 6.79. The highest BCUT2D eigenvalue weighted by Gasteiger charge is 2.39. The Hall–Kier alpha value is -3.12. The van der Waals surface area contributed by atoms with Crippen LogP contribution in [-0.4, -0.2) is 33.5 Å². The lowest BCUT2D eigenvalue weighted by atomic mass is 9.98. The second-order valence-corrected chi connectivity index (χ2v) is 8.71. The molecule has 1 amide bonds. The molecule has 0 saturated carbocycles. The number of nitrogens with zero attached hydrogens (tertiary/aromatic N) is 2. The number of carbonyl (C=O) groups is 1. The van der Waals surface area contributed by atoms with Gasteiger partial charge in [-0.05, 0) is 59.9 Å². The molecule has 2 heterocycles. The molecule has 0 N–H and O–H groups in total. The second kappa shape index (κ2) is 7.61. The number of amides is 1. The molecule has 0 radical (unpaired) electrons. The zero-order chi connectivity index (χ0) is 20.7. The Bertz CT molecular complexity index is 1160. The summed E-state index contributed by atoms with van der Waals surface area (Å²) in [5, 5.41) is 0.